The highest BCUT2D eigenvalue weighted by Crippen LogP contribution is 2.60. The molecule has 94 valence electrons. The fourth-order valence-electron chi connectivity index (χ4n) is 5.46. The van der Waals surface area contributed by atoms with Gasteiger partial charge in [-0.05, 0) is 68.6 Å². The van der Waals surface area contributed by atoms with Gasteiger partial charge in [0.05, 0.1) is 0 Å². The Kier molecular flexibility index (Phi) is 2.23. The van der Waals surface area contributed by atoms with E-state index in [0.29, 0.717) is 5.78 Å². The van der Waals surface area contributed by atoms with Gasteiger partial charge in [-0.2, -0.15) is 0 Å². The average molecular weight is 232 g/mol. The Hall–Kier alpha value is -0.330. The van der Waals surface area contributed by atoms with Crippen LogP contribution in [0.5, 0.6) is 0 Å². The van der Waals surface area contributed by atoms with Crippen LogP contribution in [-0.4, -0.2) is 5.78 Å². The van der Waals surface area contributed by atoms with E-state index < -0.39 is 0 Å². The highest BCUT2D eigenvalue weighted by Gasteiger charge is 2.53. The van der Waals surface area contributed by atoms with E-state index in [1.807, 2.05) is 0 Å². The van der Waals surface area contributed by atoms with Crippen LogP contribution in [0.2, 0.25) is 0 Å². The predicted octanol–water partition coefficient (Wildman–Crippen LogP) is 3.96. The number of ketones is 1. The van der Waals surface area contributed by atoms with Crippen LogP contribution in [0.3, 0.4) is 0 Å². The minimum absolute atomic E-state index is 0.184. The van der Waals surface area contributed by atoms with Crippen molar-refractivity contribution >= 4 is 5.78 Å². The molecule has 4 bridgehead atoms. The zero-order chi connectivity index (χ0) is 11.5. The van der Waals surface area contributed by atoms with Crippen LogP contribution in [0.1, 0.15) is 64.2 Å². The van der Waals surface area contributed by atoms with Crippen molar-refractivity contribution in [1.29, 1.82) is 0 Å². The summed E-state index contributed by atoms with van der Waals surface area (Å²) in [5.74, 6) is 4.36. The topological polar surface area (TPSA) is 17.1 Å². The molecule has 0 aromatic carbocycles. The summed E-state index contributed by atoms with van der Waals surface area (Å²) in [6.45, 7) is 0. The Morgan fingerprint density at radius 1 is 0.941 bits per heavy atom. The summed E-state index contributed by atoms with van der Waals surface area (Å²) >= 11 is 0. The van der Waals surface area contributed by atoms with Gasteiger partial charge in [-0.15, -0.1) is 0 Å². The molecule has 0 heterocycles. The molecule has 0 N–H and O–H groups in total. The van der Waals surface area contributed by atoms with Crippen LogP contribution in [0.4, 0.5) is 0 Å². The number of carbonyl (C=O) groups is 1. The molecule has 0 unspecified atom stereocenters. The van der Waals surface area contributed by atoms with E-state index in [2.05, 4.69) is 0 Å². The van der Waals surface area contributed by atoms with E-state index >= 15 is 0 Å². The molecule has 0 aliphatic heterocycles. The van der Waals surface area contributed by atoms with Gasteiger partial charge in [-0.3, -0.25) is 4.79 Å². The lowest BCUT2D eigenvalue weighted by molar-refractivity contribution is -0.144. The Morgan fingerprint density at radius 2 is 1.47 bits per heavy atom. The number of hydrogen-bond acceptors (Lipinski definition) is 1. The van der Waals surface area contributed by atoms with Crippen molar-refractivity contribution in [2.24, 2.45) is 29.1 Å². The van der Waals surface area contributed by atoms with Crippen molar-refractivity contribution in [3.63, 3.8) is 0 Å². The molecule has 1 nitrogen and oxygen atoms in total. The van der Waals surface area contributed by atoms with E-state index in [4.69, 9.17) is 0 Å². The van der Waals surface area contributed by atoms with Gasteiger partial charge in [0.25, 0.3) is 0 Å². The lowest BCUT2D eigenvalue weighted by atomic mass is 9.48. The first-order valence-corrected chi connectivity index (χ1v) is 7.77. The molecule has 5 aliphatic rings. The summed E-state index contributed by atoms with van der Waals surface area (Å²) in [7, 11) is 0. The average Bonchev–Trinajstić information content (AvgIpc) is 3.07. The molecule has 5 fully saturated rings. The Morgan fingerprint density at radius 3 is 1.94 bits per heavy atom. The van der Waals surface area contributed by atoms with Gasteiger partial charge in [-0.1, -0.05) is 12.8 Å². The zero-order valence-electron chi connectivity index (χ0n) is 10.8. The maximum Gasteiger partial charge on any atom is 0.139 e. The molecule has 17 heavy (non-hydrogen) atoms. The van der Waals surface area contributed by atoms with Crippen LogP contribution < -0.4 is 0 Å². The second kappa shape index (κ2) is 3.59. The van der Waals surface area contributed by atoms with Gasteiger partial charge >= 0.3 is 0 Å². The van der Waals surface area contributed by atoms with Gasteiger partial charge in [0.2, 0.25) is 0 Å². The first-order chi connectivity index (χ1) is 8.23. The largest absolute Gasteiger partial charge is 0.299 e. The smallest absolute Gasteiger partial charge is 0.139 e. The third-order valence-corrected chi connectivity index (χ3v) is 6.11. The van der Waals surface area contributed by atoms with Crippen molar-refractivity contribution in [3.05, 3.63) is 0 Å². The van der Waals surface area contributed by atoms with Crippen molar-refractivity contribution < 1.29 is 4.79 Å². The number of Topliss-reactive ketones (excluding diaryl/α,β-unsaturated/α-hetero) is 1. The Bertz CT molecular complexity index is 304. The minimum atomic E-state index is 0.184. The molecule has 0 aromatic heterocycles. The molecule has 5 saturated carbocycles. The molecule has 0 spiro atoms. The summed E-state index contributed by atoms with van der Waals surface area (Å²) in [5.41, 5.74) is 0.184. The van der Waals surface area contributed by atoms with E-state index in [1.54, 1.807) is 0 Å². The van der Waals surface area contributed by atoms with E-state index in [0.717, 1.165) is 30.1 Å². The first-order valence-electron chi connectivity index (χ1n) is 7.77. The zero-order valence-corrected chi connectivity index (χ0v) is 10.8. The molecular formula is C16H24O. The maximum atomic E-state index is 12.6. The first kappa shape index (κ1) is 10.6. The van der Waals surface area contributed by atoms with E-state index in [9.17, 15) is 4.79 Å². The predicted molar refractivity (Wildman–Crippen MR) is 67.6 cm³/mol. The Labute approximate surface area is 104 Å². The minimum Gasteiger partial charge on any atom is -0.299 e. The van der Waals surface area contributed by atoms with Crippen LogP contribution >= 0.6 is 0 Å². The molecule has 0 aromatic rings. The van der Waals surface area contributed by atoms with Crippen molar-refractivity contribution in [1.82, 2.24) is 0 Å². The molecule has 0 radical (unpaired) electrons. The summed E-state index contributed by atoms with van der Waals surface area (Å²) in [6, 6.07) is 0. The van der Waals surface area contributed by atoms with E-state index in [-0.39, 0.29) is 5.41 Å². The third-order valence-electron chi connectivity index (χ3n) is 6.11. The number of hydrogen-bond donors (Lipinski definition) is 0. The fourth-order valence-corrected chi connectivity index (χ4v) is 5.46. The summed E-state index contributed by atoms with van der Waals surface area (Å²) in [5, 5.41) is 0. The number of carbonyl (C=O) groups excluding carboxylic acids is 1. The molecule has 0 atom stereocenters. The summed E-state index contributed by atoms with van der Waals surface area (Å²) in [4.78, 5) is 12.6. The lowest BCUT2D eigenvalue weighted by Crippen LogP contribution is -2.50. The lowest BCUT2D eigenvalue weighted by Gasteiger charge is -2.56. The highest BCUT2D eigenvalue weighted by molar-refractivity contribution is 5.85. The summed E-state index contributed by atoms with van der Waals surface area (Å²) in [6.07, 6.45) is 13.1. The van der Waals surface area contributed by atoms with Crippen LogP contribution in [0.15, 0.2) is 0 Å². The van der Waals surface area contributed by atoms with Crippen LogP contribution in [0.25, 0.3) is 0 Å². The highest BCUT2D eigenvalue weighted by atomic mass is 16.1. The second-order valence-corrected chi connectivity index (χ2v) is 7.60. The third kappa shape index (κ3) is 1.77. The Balaban J connectivity index is 1.49. The second-order valence-electron chi connectivity index (χ2n) is 7.60. The monoisotopic (exact) mass is 232 g/mol. The van der Waals surface area contributed by atoms with Crippen molar-refractivity contribution in [3.8, 4) is 0 Å². The molecule has 0 amide bonds. The van der Waals surface area contributed by atoms with Crippen molar-refractivity contribution in [2.45, 2.75) is 64.2 Å². The molecule has 5 aliphatic carbocycles. The molecule has 5 rings (SSSR count). The van der Waals surface area contributed by atoms with E-state index in [1.165, 1.54) is 57.8 Å². The molecule has 1 heteroatoms. The van der Waals surface area contributed by atoms with Gasteiger partial charge < -0.3 is 0 Å². The summed E-state index contributed by atoms with van der Waals surface area (Å²) < 4.78 is 0. The maximum absolute atomic E-state index is 12.6. The number of rotatable bonds is 4. The van der Waals surface area contributed by atoms with Crippen molar-refractivity contribution in [2.75, 3.05) is 0 Å². The van der Waals surface area contributed by atoms with Crippen LogP contribution in [-0.2, 0) is 4.79 Å². The van der Waals surface area contributed by atoms with Gasteiger partial charge in [0.15, 0.2) is 0 Å². The molecule has 0 saturated heterocycles. The van der Waals surface area contributed by atoms with Gasteiger partial charge in [-0.25, -0.2) is 0 Å². The standard InChI is InChI=1S/C16H24O/c17-15(4-3-11-1-2-11)16-8-12-5-13(9-16)7-14(6-12)10-16/h11-14H,1-10H2. The SMILES string of the molecule is O=C(CCC1CC1)C12CC3CC(CC(C3)C1)C2. The fraction of sp³-hybridized carbons (Fsp3) is 0.938. The quantitative estimate of drug-likeness (QED) is 0.717. The van der Waals surface area contributed by atoms with Crippen LogP contribution in [0, 0.1) is 29.1 Å². The molecular weight excluding hydrogens is 208 g/mol. The normalized spacial score (nSPS) is 47.4. The van der Waals surface area contributed by atoms with Gasteiger partial charge in [0.1, 0.15) is 5.78 Å². The van der Waals surface area contributed by atoms with Gasteiger partial charge in [0, 0.05) is 11.8 Å².